The van der Waals surface area contributed by atoms with Gasteiger partial charge in [0.2, 0.25) is 0 Å². The van der Waals surface area contributed by atoms with E-state index in [-0.39, 0.29) is 6.04 Å². The predicted octanol–water partition coefficient (Wildman–Crippen LogP) is 3.82. The van der Waals surface area contributed by atoms with Crippen LogP contribution in [-0.2, 0) is 6.54 Å². The molecule has 1 atom stereocenters. The minimum atomic E-state index is -0.824. The number of nitrogens with one attached hydrogen (secondary N) is 1. The molecule has 4 heteroatoms. The van der Waals surface area contributed by atoms with Crippen molar-refractivity contribution in [2.24, 2.45) is 0 Å². The van der Waals surface area contributed by atoms with Crippen LogP contribution in [0.15, 0.2) is 42.5 Å². The van der Waals surface area contributed by atoms with E-state index in [1.807, 2.05) is 31.2 Å². The van der Waals surface area contributed by atoms with Gasteiger partial charge in [-0.15, -0.1) is 0 Å². The van der Waals surface area contributed by atoms with Crippen molar-refractivity contribution in [2.45, 2.75) is 19.5 Å². The Morgan fingerprint density at radius 1 is 1.10 bits per heavy atom. The van der Waals surface area contributed by atoms with Crippen LogP contribution in [0.2, 0.25) is 0 Å². The first-order valence-corrected chi connectivity index (χ1v) is 6.41. The first kappa shape index (κ1) is 14.5. The maximum Gasteiger partial charge on any atom is 0.159 e. The molecule has 2 nitrogen and oxygen atoms in total. The number of hydrogen-bond donors (Lipinski definition) is 1. The van der Waals surface area contributed by atoms with E-state index in [4.69, 9.17) is 4.74 Å². The summed E-state index contributed by atoms with van der Waals surface area (Å²) in [5, 5.41) is 3.27. The molecule has 0 aliphatic carbocycles. The largest absolute Gasteiger partial charge is 0.497 e. The molecule has 2 aromatic carbocycles. The number of rotatable bonds is 5. The number of methoxy groups -OCH3 is 1. The fourth-order valence-corrected chi connectivity index (χ4v) is 1.95. The van der Waals surface area contributed by atoms with E-state index < -0.39 is 11.6 Å². The highest BCUT2D eigenvalue weighted by molar-refractivity contribution is 5.30. The Labute approximate surface area is 117 Å². The third-order valence-corrected chi connectivity index (χ3v) is 3.19. The van der Waals surface area contributed by atoms with Gasteiger partial charge in [0.1, 0.15) is 5.75 Å². The maximum atomic E-state index is 13.1. The van der Waals surface area contributed by atoms with Crippen molar-refractivity contribution < 1.29 is 13.5 Å². The molecular formula is C16H17F2NO. The average Bonchev–Trinajstić information content (AvgIpc) is 2.48. The van der Waals surface area contributed by atoms with Crippen molar-refractivity contribution in [1.29, 1.82) is 0 Å². The van der Waals surface area contributed by atoms with Gasteiger partial charge in [0.15, 0.2) is 11.6 Å². The van der Waals surface area contributed by atoms with Gasteiger partial charge in [-0.25, -0.2) is 8.78 Å². The summed E-state index contributed by atoms with van der Waals surface area (Å²) in [6.45, 7) is 2.48. The van der Waals surface area contributed by atoms with E-state index >= 15 is 0 Å². The molecule has 106 valence electrons. The van der Waals surface area contributed by atoms with Gasteiger partial charge in [-0.1, -0.05) is 18.2 Å². The Morgan fingerprint density at radius 3 is 2.60 bits per heavy atom. The molecule has 0 bridgehead atoms. The SMILES string of the molecule is COc1cccc(C(C)NCc2ccc(F)c(F)c2)c1. The molecule has 20 heavy (non-hydrogen) atoms. The lowest BCUT2D eigenvalue weighted by Crippen LogP contribution is -2.18. The van der Waals surface area contributed by atoms with Crippen LogP contribution >= 0.6 is 0 Å². The first-order valence-electron chi connectivity index (χ1n) is 6.41. The maximum absolute atomic E-state index is 13.1. The van der Waals surface area contributed by atoms with Crippen molar-refractivity contribution in [2.75, 3.05) is 7.11 Å². The topological polar surface area (TPSA) is 21.3 Å². The van der Waals surface area contributed by atoms with E-state index in [2.05, 4.69) is 5.32 Å². The van der Waals surface area contributed by atoms with Crippen LogP contribution in [0.1, 0.15) is 24.1 Å². The zero-order valence-electron chi connectivity index (χ0n) is 11.5. The van der Waals surface area contributed by atoms with E-state index in [1.54, 1.807) is 13.2 Å². The van der Waals surface area contributed by atoms with Crippen LogP contribution in [0.4, 0.5) is 8.78 Å². The van der Waals surface area contributed by atoms with Gasteiger partial charge in [0.25, 0.3) is 0 Å². The highest BCUT2D eigenvalue weighted by Crippen LogP contribution is 2.19. The van der Waals surface area contributed by atoms with E-state index in [1.165, 1.54) is 6.07 Å². The number of hydrogen-bond acceptors (Lipinski definition) is 2. The van der Waals surface area contributed by atoms with E-state index in [9.17, 15) is 8.78 Å². The third kappa shape index (κ3) is 3.54. The molecule has 0 saturated carbocycles. The molecule has 0 saturated heterocycles. The molecule has 2 aromatic rings. The van der Waals surface area contributed by atoms with Gasteiger partial charge in [0.05, 0.1) is 7.11 Å². The molecule has 0 radical (unpaired) electrons. The summed E-state index contributed by atoms with van der Waals surface area (Å²) in [6, 6.07) is 11.7. The summed E-state index contributed by atoms with van der Waals surface area (Å²) < 4.78 is 31.1. The number of ether oxygens (including phenoxy) is 1. The molecule has 0 aromatic heterocycles. The van der Waals surface area contributed by atoms with Crippen LogP contribution in [-0.4, -0.2) is 7.11 Å². The van der Waals surface area contributed by atoms with Gasteiger partial charge >= 0.3 is 0 Å². The Bertz CT molecular complexity index is 586. The second kappa shape index (κ2) is 6.48. The molecular weight excluding hydrogens is 260 g/mol. The molecule has 1 unspecified atom stereocenters. The fourth-order valence-electron chi connectivity index (χ4n) is 1.95. The minimum absolute atomic E-state index is 0.0817. The number of halogens is 2. The monoisotopic (exact) mass is 277 g/mol. The normalized spacial score (nSPS) is 12.2. The highest BCUT2D eigenvalue weighted by atomic mass is 19.2. The van der Waals surface area contributed by atoms with Gasteiger partial charge < -0.3 is 10.1 Å². The number of benzene rings is 2. The lowest BCUT2D eigenvalue weighted by Gasteiger charge is -2.15. The van der Waals surface area contributed by atoms with Crippen LogP contribution in [0.5, 0.6) is 5.75 Å². The smallest absolute Gasteiger partial charge is 0.159 e. The summed E-state index contributed by atoms with van der Waals surface area (Å²) in [6.07, 6.45) is 0. The molecule has 0 amide bonds. The standard InChI is InChI=1S/C16H17F2NO/c1-11(13-4-3-5-14(9-13)20-2)19-10-12-6-7-15(17)16(18)8-12/h3-9,11,19H,10H2,1-2H3. The summed E-state index contributed by atoms with van der Waals surface area (Å²) in [5.74, 6) is -0.850. The molecule has 0 aliphatic heterocycles. The second-order valence-electron chi connectivity index (χ2n) is 4.63. The van der Waals surface area contributed by atoms with Crippen molar-refractivity contribution in [1.82, 2.24) is 5.32 Å². The molecule has 0 heterocycles. The average molecular weight is 277 g/mol. The Balaban J connectivity index is 2.00. The van der Waals surface area contributed by atoms with Crippen molar-refractivity contribution in [3.05, 3.63) is 65.2 Å². The zero-order valence-corrected chi connectivity index (χ0v) is 11.5. The van der Waals surface area contributed by atoms with Gasteiger partial charge in [0, 0.05) is 12.6 Å². The van der Waals surface area contributed by atoms with E-state index in [0.717, 1.165) is 17.4 Å². The van der Waals surface area contributed by atoms with Gasteiger partial charge in [-0.2, -0.15) is 0 Å². The van der Waals surface area contributed by atoms with E-state index in [0.29, 0.717) is 12.1 Å². The van der Waals surface area contributed by atoms with Crippen molar-refractivity contribution >= 4 is 0 Å². The fraction of sp³-hybridized carbons (Fsp3) is 0.250. The predicted molar refractivity (Wildman–Crippen MR) is 74.6 cm³/mol. The lowest BCUT2D eigenvalue weighted by molar-refractivity contribution is 0.413. The van der Waals surface area contributed by atoms with Crippen LogP contribution in [0, 0.1) is 11.6 Å². The molecule has 0 fully saturated rings. The third-order valence-electron chi connectivity index (χ3n) is 3.19. The Kier molecular flexibility index (Phi) is 4.69. The van der Waals surface area contributed by atoms with Gasteiger partial charge in [-0.3, -0.25) is 0 Å². The van der Waals surface area contributed by atoms with Crippen molar-refractivity contribution in [3.63, 3.8) is 0 Å². The summed E-state index contributed by atoms with van der Waals surface area (Å²) >= 11 is 0. The Morgan fingerprint density at radius 2 is 1.90 bits per heavy atom. The molecule has 0 spiro atoms. The summed E-state index contributed by atoms with van der Waals surface area (Å²) in [4.78, 5) is 0. The van der Waals surface area contributed by atoms with Crippen LogP contribution in [0.3, 0.4) is 0 Å². The highest BCUT2D eigenvalue weighted by Gasteiger charge is 2.07. The summed E-state index contributed by atoms with van der Waals surface area (Å²) in [5.41, 5.74) is 1.78. The van der Waals surface area contributed by atoms with Gasteiger partial charge in [-0.05, 0) is 42.3 Å². The first-order chi connectivity index (χ1) is 9.60. The Hall–Kier alpha value is -1.94. The lowest BCUT2D eigenvalue weighted by atomic mass is 10.1. The minimum Gasteiger partial charge on any atom is -0.497 e. The summed E-state index contributed by atoms with van der Waals surface area (Å²) in [7, 11) is 1.62. The van der Waals surface area contributed by atoms with Crippen molar-refractivity contribution in [3.8, 4) is 5.75 Å². The molecule has 0 aliphatic rings. The quantitative estimate of drug-likeness (QED) is 0.897. The second-order valence-corrected chi connectivity index (χ2v) is 4.63. The van der Waals surface area contributed by atoms with Crippen LogP contribution < -0.4 is 10.1 Å². The molecule has 1 N–H and O–H groups in total. The zero-order chi connectivity index (χ0) is 14.5. The molecule has 2 rings (SSSR count). The van der Waals surface area contributed by atoms with Crippen LogP contribution in [0.25, 0.3) is 0 Å².